The summed E-state index contributed by atoms with van der Waals surface area (Å²) in [6.45, 7) is 5.59. The zero-order valence-corrected chi connectivity index (χ0v) is 14.0. The average Bonchev–Trinajstić information content (AvgIpc) is 2.91. The van der Waals surface area contributed by atoms with Crippen LogP contribution >= 0.6 is 0 Å². The Morgan fingerprint density at radius 2 is 1.96 bits per heavy atom. The van der Waals surface area contributed by atoms with Crippen LogP contribution < -0.4 is 0 Å². The van der Waals surface area contributed by atoms with Gasteiger partial charge < -0.3 is 4.74 Å². The Kier molecular flexibility index (Phi) is 4.18. The highest BCUT2D eigenvalue weighted by Crippen LogP contribution is 2.26. The summed E-state index contributed by atoms with van der Waals surface area (Å²) in [7, 11) is 0. The molecule has 2 aromatic heterocycles. The van der Waals surface area contributed by atoms with E-state index in [1.165, 1.54) is 12.1 Å². The summed E-state index contributed by atoms with van der Waals surface area (Å²) in [5, 5.41) is 15.9. The zero-order chi connectivity index (χ0) is 18.1. The second-order valence-electron chi connectivity index (χ2n) is 5.50. The summed E-state index contributed by atoms with van der Waals surface area (Å²) in [5.74, 6) is -0.427. The number of nitro benzene ring substituents is 1. The van der Waals surface area contributed by atoms with Crippen molar-refractivity contribution in [1.29, 1.82) is 0 Å². The SMILES string of the molecule is CCOC(=O)c1cc(C)nc2c1c(C)nn2-c1ccc([N+](=O)[O-])cc1. The maximum absolute atomic E-state index is 12.3. The molecular weight excluding hydrogens is 324 g/mol. The van der Waals surface area contributed by atoms with E-state index in [0.29, 0.717) is 33.7 Å². The molecule has 0 atom stereocenters. The normalized spacial score (nSPS) is 10.8. The number of nitrogens with zero attached hydrogens (tertiary/aromatic N) is 4. The molecule has 0 saturated heterocycles. The molecule has 3 rings (SSSR count). The maximum atomic E-state index is 12.3. The van der Waals surface area contributed by atoms with Crippen molar-refractivity contribution in [3.8, 4) is 5.69 Å². The monoisotopic (exact) mass is 340 g/mol. The molecule has 3 aromatic rings. The first kappa shape index (κ1) is 16.6. The average molecular weight is 340 g/mol. The molecule has 0 aliphatic rings. The summed E-state index contributed by atoms with van der Waals surface area (Å²) in [6.07, 6.45) is 0. The van der Waals surface area contributed by atoms with E-state index in [2.05, 4.69) is 10.1 Å². The summed E-state index contributed by atoms with van der Waals surface area (Å²) < 4.78 is 6.70. The third-order valence-electron chi connectivity index (χ3n) is 3.74. The number of non-ortho nitro benzene ring substituents is 1. The van der Waals surface area contributed by atoms with Gasteiger partial charge in [0.25, 0.3) is 5.69 Å². The lowest BCUT2D eigenvalue weighted by Crippen LogP contribution is -2.07. The van der Waals surface area contributed by atoms with Crippen molar-refractivity contribution in [3.63, 3.8) is 0 Å². The van der Waals surface area contributed by atoms with Crippen LogP contribution in [0.2, 0.25) is 0 Å². The number of fused-ring (bicyclic) bond motifs is 1. The van der Waals surface area contributed by atoms with Crippen molar-refractivity contribution in [2.75, 3.05) is 6.61 Å². The molecular formula is C17H16N4O4. The van der Waals surface area contributed by atoms with Crippen molar-refractivity contribution < 1.29 is 14.5 Å². The van der Waals surface area contributed by atoms with Crippen LogP contribution in [0, 0.1) is 24.0 Å². The number of ether oxygens (including phenoxy) is 1. The lowest BCUT2D eigenvalue weighted by atomic mass is 10.1. The first-order valence-corrected chi connectivity index (χ1v) is 7.71. The molecule has 2 heterocycles. The lowest BCUT2D eigenvalue weighted by molar-refractivity contribution is -0.384. The van der Waals surface area contributed by atoms with Gasteiger partial charge in [0.1, 0.15) is 0 Å². The Bertz CT molecular complexity index is 976. The molecule has 0 fully saturated rings. The van der Waals surface area contributed by atoms with Gasteiger partial charge in [0.05, 0.1) is 33.9 Å². The molecule has 8 nitrogen and oxygen atoms in total. The molecule has 128 valence electrons. The van der Waals surface area contributed by atoms with Crippen LogP contribution in [0.5, 0.6) is 0 Å². The van der Waals surface area contributed by atoms with Gasteiger partial charge in [-0.2, -0.15) is 5.10 Å². The lowest BCUT2D eigenvalue weighted by Gasteiger charge is -2.06. The number of nitro groups is 1. The zero-order valence-electron chi connectivity index (χ0n) is 14.0. The van der Waals surface area contributed by atoms with Gasteiger partial charge in [-0.3, -0.25) is 10.1 Å². The first-order chi connectivity index (χ1) is 11.9. The highest BCUT2D eigenvalue weighted by atomic mass is 16.6. The third kappa shape index (κ3) is 2.93. The number of pyridine rings is 1. The van der Waals surface area contributed by atoms with E-state index < -0.39 is 10.9 Å². The minimum absolute atomic E-state index is 0.00622. The van der Waals surface area contributed by atoms with Gasteiger partial charge in [0.15, 0.2) is 5.65 Å². The van der Waals surface area contributed by atoms with Crippen LogP contribution in [0.15, 0.2) is 30.3 Å². The third-order valence-corrected chi connectivity index (χ3v) is 3.74. The highest BCUT2D eigenvalue weighted by Gasteiger charge is 2.20. The molecule has 0 unspecified atom stereocenters. The smallest absolute Gasteiger partial charge is 0.339 e. The predicted molar refractivity (Wildman–Crippen MR) is 90.9 cm³/mol. The van der Waals surface area contributed by atoms with Gasteiger partial charge in [-0.1, -0.05) is 0 Å². The van der Waals surface area contributed by atoms with Crippen molar-refractivity contribution in [1.82, 2.24) is 14.8 Å². The molecule has 0 N–H and O–H groups in total. The number of aromatic nitrogens is 3. The minimum atomic E-state index is -0.461. The Morgan fingerprint density at radius 3 is 2.56 bits per heavy atom. The molecule has 1 aromatic carbocycles. The van der Waals surface area contributed by atoms with Crippen LogP contribution in [-0.4, -0.2) is 32.3 Å². The summed E-state index contributed by atoms with van der Waals surface area (Å²) in [6, 6.07) is 7.67. The highest BCUT2D eigenvalue weighted by molar-refractivity contribution is 6.04. The number of hydrogen-bond acceptors (Lipinski definition) is 6. The molecule has 0 aliphatic carbocycles. The largest absolute Gasteiger partial charge is 0.462 e. The minimum Gasteiger partial charge on any atom is -0.462 e. The van der Waals surface area contributed by atoms with E-state index in [1.54, 1.807) is 43.7 Å². The Hall–Kier alpha value is -3.29. The Labute approximate surface area is 143 Å². The van der Waals surface area contributed by atoms with E-state index in [-0.39, 0.29) is 12.3 Å². The Morgan fingerprint density at radius 1 is 1.28 bits per heavy atom. The Balaban J connectivity index is 2.21. The van der Waals surface area contributed by atoms with Gasteiger partial charge in [0, 0.05) is 17.8 Å². The van der Waals surface area contributed by atoms with Gasteiger partial charge in [0.2, 0.25) is 0 Å². The van der Waals surface area contributed by atoms with Gasteiger partial charge in [-0.15, -0.1) is 0 Å². The van der Waals surface area contributed by atoms with Crippen molar-refractivity contribution in [2.24, 2.45) is 0 Å². The van der Waals surface area contributed by atoms with Crippen molar-refractivity contribution in [2.45, 2.75) is 20.8 Å². The van der Waals surface area contributed by atoms with Crippen molar-refractivity contribution >= 4 is 22.7 Å². The summed E-state index contributed by atoms with van der Waals surface area (Å²) >= 11 is 0. The second-order valence-corrected chi connectivity index (χ2v) is 5.50. The second kappa shape index (κ2) is 6.31. The maximum Gasteiger partial charge on any atom is 0.339 e. The van der Waals surface area contributed by atoms with E-state index in [4.69, 9.17) is 4.74 Å². The number of rotatable bonds is 4. The fourth-order valence-electron chi connectivity index (χ4n) is 2.68. The van der Waals surface area contributed by atoms with E-state index >= 15 is 0 Å². The molecule has 25 heavy (non-hydrogen) atoms. The summed E-state index contributed by atoms with van der Waals surface area (Å²) in [4.78, 5) is 27.1. The fourth-order valence-corrected chi connectivity index (χ4v) is 2.68. The van der Waals surface area contributed by atoms with Gasteiger partial charge in [-0.25, -0.2) is 14.5 Å². The van der Waals surface area contributed by atoms with Crippen LogP contribution in [-0.2, 0) is 4.74 Å². The number of aryl methyl sites for hydroxylation is 2. The predicted octanol–water partition coefficient (Wildman–Crippen LogP) is 3.12. The standard InChI is InChI=1S/C17H16N4O4/c1-4-25-17(22)14-9-10(2)18-16-15(14)11(3)19-20(16)12-5-7-13(8-6-12)21(23)24/h5-9H,4H2,1-3H3. The summed E-state index contributed by atoms with van der Waals surface area (Å²) in [5.41, 5.74) is 2.82. The van der Waals surface area contributed by atoms with Gasteiger partial charge in [-0.05, 0) is 39.0 Å². The van der Waals surface area contributed by atoms with E-state index in [9.17, 15) is 14.9 Å². The van der Waals surface area contributed by atoms with Crippen LogP contribution in [0.25, 0.3) is 16.7 Å². The molecule has 0 bridgehead atoms. The molecule has 0 spiro atoms. The van der Waals surface area contributed by atoms with Crippen molar-refractivity contribution in [3.05, 3.63) is 57.4 Å². The quantitative estimate of drug-likeness (QED) is 0.411. The number of benzene rings is 1. The van der Waals surface area contributed by atoms with Crippen LogP contribution in [0.3, 0.4) is 0 Å². The van der Waals surface area contributed by atoms with Crippen LogP contribution in [0.1, 0.15) is 28.7 Å². The molecule has 8 heteroatoms. The van der Waals surface area contributed by atoms with E-state index in [0.717, 1.165) is 0 Å². The van der Waals surface area contributed by atoms with Crippen LogP contribution in [0.4, 0.5) is 5.69 Å². The number of hydrogen-bond donors (Lipinski definition) is 0. The molecule has 0 amide bonds. The molecule has 0 radical (unpaired) electrons. The number of esters is 1. The fraction of sp³-hybridized carbons (Fsp3) is 0.235. The number of carbonyl (C=O) groups excluding carboxylic acids is 1. The first-order valence-electron chi connectivity index (χ1n) is 7.71. The topological polar surface area (TPSA) is 100 Å². The van der Waals surface area contributed by atoms with E-state index in [1.807, 2.05) is 0 Å². The number of carbonyl (C=O) groups is 1. The molecule has 0 saturated carbocycles. The molecule has 0 aliphatic heterocycles. The van der Waals surface area contributed by atoms with Gasteiger partial charge >= 0.3 is 5.97 Å².